The lowest BCUT2D eigenvalue weighted by molar-refractivity contribution is -0.175. The maximum absolute atomic E-state index is 12.0. The molecule has 4 rings (SSSR count). The standard InChI is InChI=1S/C32H34O7/c1-22(33)37-29-21-25(30(38-23(2)34)31(29)39-24(3)35)19-20-36-32(26-13-7-4-8-14-26,27-15-9-5-10-16-27)28-17-11-6-12-18-28/h4-18,25,29-31H,19-21H2,1-3H3/t25-,29+,30+,31+/m0/s1. The molecule has 0 bridgehead atoms. The predicted octanol–water partition coefficient (Wildman–Crippen LogP) is 5.20. The molecule has 3 aromatic rings. The number of benzene rings is 3. The minimum atomic E-state index is -0.899. The van der Waals surface area contributed by atoms with Crippen molar-refractivity contribution in [3.8, 4) is 0 Å². The Hall–Kier alpha value is -3.97. The number of carbonyl (C=O) groups excluding carboxylic acids is 3. The Morgan fingerprint density at radius 2 is 1.05 bits per heavy atom. The summed E-state index contributed by atoms with van der Waals surface area (Å²) in [5.41, 5.74) is 2.02. The lowest BCUT2D eigenvalue weighted by atomic mass is 9.80. The Bertz CT molecular complexity index is 1150. The van der Waals surface area contributed by atoms with Gasteiger partial charge in [-0.1, -0.05) is 91.0 Å². The van der Waals surface area contributed by atoms with Crippen molar-refractivity contribution in [3.63, 3.8) is 0 Å². The highest BCUT2D eigenvalue weighted by Crippen LogP contribution is 2.42. The zero-order valence-electron chi connectivity index (χ0n) is 22.4. The van der Waals surface area contributed by atoms with Gasteiger partial charge in [-0.25, -0.2) is 0 Å². The molecule has 0 amide bonds. The molecule has 4 atom stereocenters. The maximum Gasteiger partial charge on any atom is 0.303 e. The second kappa shape index (κ2) is 12.7. The van der Waals surface area contributed by atoms with Crippen LogP contribution in [-0.2, 0) is 38.9 Å². The molecule has 204 valence electrons. The molecular weight excluding hydrogens is 496 g/mol. The molecule has 39 heavy (non-hydrogen) atoms. The van der Waals surface area contributed by atoms with E-state index in [1.165, 1.54) is 20.8 Å². The minimum absolute atomic E-state index is 0.261. The van der Waals surface area contributed by atoms with Gasteiger partial charge in [-0.15, -0.1) is 0 Å². The monoisotopic (exact) mass is 530 g/mol. The van der Waals surface area contributed by atoms with Crippen LogP contribution in [0.5, 0.6) is 0 Å². The van der Waals surface area contributed by atoms with Crippen LogP contribution in [0.25, 0.3) is 0 Å². The van der Waals surface area contributed by atoms with E-state index in [9.17, 15) is 14.4 Å². The zero-order chi connectivity index (χ0) is 27.8. The van der Waals surface area contributed by atoms with Crippen LogP contribution in [0.1, 0.15) is 50.3 Å². The molecule has 0 spiro atoms. The summed E-state index contributed by atoms with van der Waals surface area (Å²) in [4.78, 5) is 35.6. The Kier molecular flexibility index (Phi) is 9.15. The Labute approximate surface area is 229 Å². The molecular formula is C32H34O7. The Morgan fingerprint density at radius 1 is 0.641 bits per heavy atom. The van der Waals surface area contributed by atoms with Gasteiger partial charge in [-0.2, -0.15) is 0 Å². The van der Waals surface area contributed by atoms with Crippen LogP contribution in [0, 0.1) is 5.92 Å². The second-order valence-electron chi connectivity index (χ2n) is 9.71. The van der Waals surface area contributed by atoms with Gasteiger partial charge in [0.05, 0.1) is 0 Å². The first-order valence-corrected chi connectivity index (χ1v) is 13.1. The molecule has 0 saturated heterocycles. The van der Waals surface area contributed by atoms with Crippen molar-refractivity contribution in [1.29, 1.82) is 0 Å². The smallest absolute Gasteiger partial charge is 0.303 e. The van der Waals surface area contributed by atoms with Gasteiger partial charge in [0.15, 0.2) is 6.10 Å². The van der Waals surface area contributed by atoms with Crippen LogP contribution in [0.4, 0.5) is 0 Å². The van der Waals surface area contributed by atoms with Crippen LogP contribution in [0.3, 0.4) is 0 Å². The number of carbonyl (C=O) groups is 3. The normalized spacial score (nSPS) is 20.7. The van der Waals surface area contributed by atoms with Gasteiger partial charge in [-0.05, 0) is 29.5 Å². The van der Waals surface area contributed by atoms with Gasteiger partial charge < -0.3 is 18.9 Å². The van der Waals surface area contributed by atoms with E-state index in [1.807, 2.05) is 91.0 Å². The molecule has 0 aromatic heterocycles. The van der Waals surface area contributed by atoms with Gasteiger partial charge in [0, 0.05) is 33.3 Å². The molecule has 1 fully saturated rings. The van der Waals surface area contributed by atoms with Crippen LogP contribution in [-0.4, -0.2) is 42.8 Å². The van der Waals surface area contributed by atoms with Crippen molar-refractivity contribution < 1.29 is 33.3 Å². The number of ether oxygens (including phenoxy) is 4. The summed E-state index contributed by atoms with van der Waals surface area (Å²) >= 11 is 0. The molecule has 0 unspecified atom stereocenters. The summed E-state index contributed by atoms with van der Waals surface area (Å²) < 4.78 is 23.5. The minimum Gasteiger partial charge on any atom is -0.458 e. The highest BCUT2D eigenvalue weighted by Gasteiger charge is 2.49. The van der Waals surface area contributed by atoms with Crippen molar-refractivity contribution >= 4 is 17.9 Å². The van der Waals surface area contributed by atoms with Crippen LogP contribution < -0.4 is 0 Å². The van der Waals surface area contributed by atoms with E-state index < -0.39 is 41.8 Å². The van der Waals surface area contributed by atoms with Crippen molar-refractivity contribution in [3.05, 3.63) is 108 Å². The van der Waals surface area contributed by atoms with Gasteiger partial charge in [-0.3, -0.25) is 14.4 Å². The van der Waals surface area contributed by atoms with Crippen molar-refractivity contribution in [2.75, 3.05) is 6.61 Å². The van der Waals surface area contributed by atoms with Crippen LogP contribution in [0.2, 0.25) is 0 Å². The van der Waals surface area contributed by atoms with E-state index >= 15 is 0 Å². The van der Waals surface area contributed by atoms with E-state index in [0.717, 1.165) is 16.7 Å². The van der Waals surface area contributed by atoms with Crippen LogP contribution >= 0.6 is 0 Å². The maximum atomic E-state index is 12.0. The lowest BCUT2D eigenvalue weighted by Gasteiger charge is -2.36. The molecule has 7 nitrogen and oxygen atoms in total. The molecule has 1 aliphatic rings. The SMILES string of the molecule is CC(=O)O[C@@H]1[C@@H](CCOC(c2ccccc2)(c2ccccc2)c2ccccc2)C[C@@H](OC(C)=O)[C@H]1OC(C)=O. The highest BCUT2D eigenvalue weighted by molar-refractivity contribution is 5.68. The third kappa shape index (κ3) is 6.55. The number of esters is 3. The van der Waals surface area contributed by atoms with Gasteiger partial charge >= 0.3 is 17.9 Å². The molecule has 7 heteroatoms. The third-order valence-corrected chi connectivity index (χ3v) is 6.96. The quantitative estimate of drug-likeness (QED) is 0.202. The number of rotatable bonds is 10. The van der Waals surface area contributed by atoms with Gasteiger partial charge in [0.1, 0.15) is 17.8 Å². The first-order valence-electron chi connectivity index (χ1n) is 13.1. The topological polar surface area (TPSA) is 88.1 Å². The summed E-state index contributed by atoms with van der Waals surface area (Å²) in [6.45, 7) is 4.18. The number of hydrogen-bond donors (Lipinski definition) is 0. The first kappa shape index (κ1) is 28.0. The summed E-state index contributed by atoms with van der Waals surface area (Å²) in [5, 5.41) is 0. The fourth-order valence-electron chi connectivity index (χ4n) is 5.48. The van der Waals surface area contributed by atoms with E-state index in [1.54, 1.807) is 0 Å². The summed E-state index contributed by atoms with van der Waals surface area (Å²) in [6, 6.07) is 30.1. The first-order chi connectivity index (χ1) is 18.8. The van der Waals surface area contributed by atoms with E-state index in [-0.39, 0.29) is 5.92 Å². The summed E-state index contributed by atoms with van der Waals surface area (Å²) in [6.07, 6.45) is -1.53. The fourth-order valence-corrected chi connectivity index (χ4v) is 5.48. The molecule has 0 radical (unpaired) electrons. The molecule has 1 aliphatic carbocycles. The average Bonchev–Trinajstić information content (AvgIpc) is 3.22. The van der Waals surface area contributed by atoms with E-state index in [4.69, 9.17) is 18.9 Å². The summed E-state index contributed by atoms with van der Waals surface area (Å²) in [5.74, 6) is -1.80. The van der Waals surface area contributed by atoms with Crippen molar-refractivity contribution in [1.82, 2.24) is 0 Å². The fraction of sp³-hybridized carbons (Fsp3) is 0.344. The van der Waals surface area contributed by atoms with Gasteiger partial charge in [0.2, 0.25) is 0 Å². The predicted molar refractivity (Wildman–Crippen MR) is 145 cm³/mol. The molecule has 3 aromatic carbocycles. The zero-order valence-corrected chi connectivity index (χ0v) is 22.4. The molecule has 0 N–H and O–H groups in total. The molecule has 1 saturated carbocycles. The highest BCUT2D eigenvalue weighted by atomic mass is 16.6. The summed E-state index contributed by atoms with van der Waals surface area (Å²) in [7, 11) is 0. The lowest BCUT2D eigenvalue weighted by Crippen LogP contribution is -2.40. The largest absolute Gasteiger partial charge is 0.458 e. The molecule has 0 aliphatic heterocycles. The molecule has 0 heterocycles. The van der Waals surface area contributed by atoms with E-state index in [2.05, 4.69) is 0 Å². The second-order valence-corrected chi connectivity index (χ2v) is 9.71. The number of hydrogen-bond acceptors (Lipinski definition) is 7. The Balaban J connectivity index is 1.67. The van der Waals surface area contributed by atoms with Crippen molar-refractivity contribution in [2.24, 2.45) is 5.92 Å². The Morgan fingerprint density at radius 3 is 1.46 bits per heavy atom. The average molecular weight is 531 g/mol. The third-order valence-electron chi connectivity index (χ3n) is 6.96. The van der Waals surface area contributed by atoms with Crippen LogP contribution in [0.15, 0.2) is 91.0 Å². The van der Waals surface area contributed by atoms with Crippen molar-refractivity contribution in [2.45, 2.75) is 57.5 Å². The van der Waals surface area contributed by atoms with Gasteiger partial charge in [0.25, 0.3) is 0 Å². The van der Waals surface area contributed by atoms with E-state index in [0.29, 0.717) is 19.4 Å².